The van der Waals surface area contributed by atoms with Gasteiger partial charge in [-0.25, -0.2) is 0 Å². The Morgan fingerprint density at radius 1 is 1.11 bits per heavy atom. The maximum atomic E-state index is 6.23. The van der Waals surface area contributed by atoms with Crippen molar-refractivity contribution in [1.29, 1.82) is 0 Å². The Kier molecular flexibility index (Phi) is 3.18. The highest BCUT2D eigenvalue weighted by molar-refractivity contribution is 5.31. The molecule has 1 aliphatic carbocycles. The van der Waals surface area contributed by atoms with Crippen molar-refractivity contribution in [3.63, 3.8) is 0 Å². The number of nitrogens with zero attached hydrogens (tertiary/aromatic N) is 1. The molecule has 2 aliphatic rings. The second-order valence-corrected chi connectivity index (χ2v) is 7.25. The highest BCUT2D eigenvalue weighted by atomic mass is 15.2. The van der Waals surface area contributed by atoms with E-state index in [2.05, 4.69) is 43.0 Å². The molecule has 2 N–H and O–H groups in total. The molecule has 0 bridgehead atoms. The summed E-state index contributed by atoms with van der Waals surface area (Å²) in [7, 11) is 0. The fraction of sp³-hybridized carbons (Fsp3) is 0.647. The number of hydrogen-bond donors (Lipinski definition) is 1. The lowest BCUT2D eigenvalue weighted by molar-refractivity contribution is 0.00653. The third-order valence-electron chi connectivity index (χ3n) is 5.19. The minimum absolute atomic E-state index is 0.223. The van der Waals surface area contributed by atoms with Gasteiger partial charge in [0.1, 0.15) is 0 Å². The molecule has 1 saturated carbocycles. The van der Waals surface area contributed by atoms with Crippen molar-refractivity contribution >= 4 is 0 Å². The Morgan fingerprint density at radius 2 is 1.74 bits per heavy atom. The molecule has 19 heavy (non-hydrogen) atoms. The van der Waals surface area contributed by atoms with E-state index in [-0.39, 0.29) is 5.54 Å². The van der Waals surface area contributed by atoms with Crippen molar-refractivity contribution in [2.24, 2.45) is 11.1 Å². The van der Waals surface area contributed by atoms with E-state index in [1.54, 1.807) is 0 Å². The van der Waals surface area contributed by atoms with Gasteiger partial charge in [0.25, 0.3) is 0 Å². The average molecular weight is 258 g/mol. The van der Waals surface area contributed by atoms with Gasteiger partial charge in [-0.05, 0) is 35.8 Å². The van der Waals surface area contributed by atoms with Gasteiger partial charge >= 0.3 is 0 Å². The first-order valence-corrected chi connectivity index (χ1v) is 7.57. The Bertz CT molecular complexity index is 441. The Labute approximate surface area is 117 Å². The highest BCUT2D eigenvalue weighted by Crippen LogP contribution is 2.45. The van der Waals surface area contributed by atoms with Crippen LogP contribution in [-0.4, -0.2) is 17.0 Å². The third kappa shape index (κ3) is 2.32. The molecule has 0 spiro atoms. The van der Waals surface area contributed by atoms with E-state index in [1.807, 2.05) is 0 Å². The van der Waals surface area contributed by atoms with Gasteiger partial charge in [-0.3, -0.25) is 4.90 Å². The predicted octanol–water partition coefficient (Wildman–Crippen LogP) is 3.30. The van der Waals surface area contributed by atoms with Gasteiger partial charge in [0.2, 0.25) is 0 Å². The van der Waals surface area contributed by atoms with Crippen LogP contribution in [0.15, 0.2) is 24.3 Å². The number of hydrogen-bond acceptors (Lipinski definition) is 2. The fourth-order valence-corrected chi connectivity index (χ4v) is 4.21. The van der Waals surface area contributed by atoms with Crippen LogP contribution in [0.5, 0.6) is 0 Å². The number of benzene rings is 1. The maximum Gasteiger partial charge on any atom is 0.0343 e. The van der Waals surface area contributed by atoms with Crippen LogP contribution in [0.1, 0.15) is 50.7 Å². The van der Waals surface area contributed by atoms with Gasteiger partial charge in [0, 0.05) is 25.2 Å². The summed E-state index contributed by atoms with van der Waals surface area (Å²) < 4.78 is 0. The number of nitrogens with two attached hydrogens (primary N) is 1. The summed E-state index contributed by atoms with van der Waals surface area (Å²) in [5.41, 5.74) is 9.89. The van der Waals surface area contributed by atoms with Crippen LogP contribution in [0, 0.1) is 5.41 Å². The molecule has 1 unspecified atom stereocenters. The summed E-state index contributed by atoms with van der Waals surface area (Å²) in [6, 6.07) is 8.85. The summed E-state index contributed by atoms with van der Waals surface area (Å²) in [6.07, 6.45) is 5.16. The fourth-order valence-electron chi connectivity index (χ4n) is 4.21. The van der Waals surface area contributed by atoms with Crippen molar-refractivity contribution < 1.29 is 0 Å². The molecule has 104 valence electrons. The SMILES string of the molecule is CC1(C)CCCC(CN)(N2Cc3ccccc3C2)C1. The molecule has 3 rings (SSSR count). The van der Waals surface area contributed by atoms with Gasteiger partial charge < -0.3 is 5.73 Å². The summed E-state index contributed by atoms with van der Waals surface area (Å²) in [4.78, 5) is 2.65. The first kappa shape index (κ1) is 13.1. The minimum atomic E-state index is 0.223. The van der Waals surface area contributed by atoms with Crippen molar-refractivity contribution in [1.82, 2.24) is 4.90 Å². The first-order valence-electron chi connectivity index (χ1n) is 7.57. The van der Waals surface area contributed by atoms with E-state index in [4.69, 9.17) is 5.73 Å². The van der Waals surface area contributed by atoms with Crippen LogP contribution in [-0.2, 0) is 13.1 Å². The molecule has 2 nitrogen and oxygen atoms in total. The molecular formula is C17H26N2. The van der Waals surface area contributed by atoms with Crippen LogP contribution >= 0.6 is 0 Å². The first-order chi connectivity index (χ1) is 9.05. The van der Waals surface area contributed by atoms with Crippen LogP contribution in [0.4, 0.5) is 0 Å². The minimum Gasteiger partial charge on any atom is -0.329 e. The van der Waals surface area contributed by atoms with Crippen LogP contribution in [0.25, 0.3) is 0 Å². The Balaban J connectivity index is 1.85. The molecule has 1 aromatic carbocycles. The van der Waals surface area contributed by atoms with Gasteiger partial charge in [0.05, 0.1) is 0 Å². The molecule has 0 amide bonds. The van der Waals surface area contributed by atoms with E-state index in [0.29, 0.717) is 5.41 Å². The van der Waals surface area contributed by atoms with Gasteiger partial charge in [-0.2, -0.15) is 0 Å². The van der Waals surface area contributed by atoms with Crippen molar-refractivity contribution in [3.8, 4) is 0 Å². The molecule has 1 aliphatic heterocycles. The van der Waals surface area contributed by atoms with Crippen molar-refractivity contribution in [2.75, 3.05) is 6.54 Å². The van der Waals surface area contributed by atoms with Gasteiger partial charge in [-0.15, -0.1) is 0 Å². The van der Waals surface area contributed by atoms with E-state index in [0.717, 1.165) is 19.6 Å². The summed E-state index contributed by atoms with van der Waals surface area (Å²) >= 11 is 0. The average Bonchev–Trinajstić information content (AvgIpc) is 2.81. The molecule has 0 saturated heterocycles. The molecule has 1 atom stereocenters. The zero-order valence-corrected chi connectivity index (χ0v) is 12.3. The second kappa shape index (κ2) is 4.60. The standard InChI is InChI=1S/C17H26N2/c1-16(2)8-5-9-17(12-16,13-18)19-10-14-6-3-4-7-15(14)11-19/h3-4,6-7H,5,8-13,18H2,1-2H3. The maximum absolute atomic E-state index is 6.23. The van der Waals surface area contributed by atoms with Crippen molar-refractivity contribution in [3.05, 3.63) is 35.4 Å². The molecule has 1 fully saturated rings. The lowest BCUT2D eigenvalue weighted by Gasteiger charge is -2.49. The summed E-state index contributed by atoms with van der Waals surface area (Å²) in [6.45, 7) is 7.77. The third-order valence-corrected chi connectivity index (χ3v) is 5.19. The highest BCUT2D eigenvalue weighted by Gasteiger charge is 2.44. The summed E-state index contributed by atoms with van der Waals surface area (Å²) in [5, 5.41) is 0. The number of rotatable bonds is 2. The normalized spacial score (nSPS) is 30.3. The molecule has 0 radical (unpaired) electrons. The zero-order chi connectivity index (χ0) is 13.5. The zero-order valence-electron chi connectivity index (χ0n) is 12.3. The Hall–Kier alpha value is -0.860. The van der Waals surface area contributed by atoms with Crippen LogP contribution in [0.2, 0.25) is 0 Å². The molecular weight excluding hydrogens is 232 g/mol. The quantitative estimate of drug-likeness (QED) is 0.882. The van der Waals surface area contributed by atoms with E-state index >= 15 is 0 Å². The second-order valence-electron chi connectivity index (χ2n) is 7.25. The van der Waals surface area contributed by atoms with E-state index < -0.39 is 0 Å². The van der Waals surface area contributed by atoms with Crippen LogP contribution in [0.3, 0.4) is 0 Å². The van der Waals surface area contributed by atoms with Crippen molar-refractivity contribution in [2.45, 2.75) is 58.2 Å². The van der Waals surface area contributed by atoms with Crippen LogP contribution < -0.4 is 5.73 Å². The lowest BCUT2D eigenvalue weighted by atomic mass is 9.67. The lowest BCUT2D eigenvalue weighted by Crippen LogP contribution is -2.55. The number of fused-ring (bicyclic) bond motifs is 1. The Morgan fingerprint density at radius 3 is 2.26 bits per heavy atom. The molecule has 2 heteroatoms. The van der Waals surface area contributed by atoms with E-state index in [9.17, 15) is 0 Å². The monoisotopic (exact) mass is 258 g/mol. The predicted molar refractivity (Wildman–Crippen MR) is 79.7 cm³/mol. The van der Waals surface area contributed by atoms with E-state index in [1.165, 1.54) is 36.8 Å². The smallest absolute Gasteiger partial charge is 0.0343 e. The largest absolute Gasteiger partial charge is 0.329 e. The topological polar surface area (TPSA) is 29.3 Å². The summed E-state index contributed by atoms with van der Waals surface area (Å²) in [5.74, 6) is 0. The van der Waals surface area contributed by atoms with Gasteiger partial charge in [-0.1, -0.05) is 44.5 Å². The van der Waals surface area contributed by atoms with Gasteiger partial charge in [0.15, 0.2) is 0 Å². The molecule has 1 aromatic rings. The molecule has 1 heterocycles. The molecule has 0 aromatic heterocycles.